The van der Waals surface area contributed by atoms with Crippen molar-refractivity contribution < 1.29 is 14.0 Å². The van der Waals surface area contributed by atoms with E-state index in [1.807, 2.05) is 4.68 Å². The summed E-state index contributed by atoms with van der Waals surface area (Å²) in [5.41, 5.74) is 0. The number of nitrogens with zero attached hydrogens (tertiary/aromatic N) is 3. The molecule has 6 nitrogen and oxygen atoms in total. The van der Waals surface area contributed by atoms with Gasteiger partial charge in [-0.1, -0.05) is 34.1 Å². The molecule has 0 N–H and O–H groups in total. The molecule has 2 rings (SSSR count). The summed E-state index contributed by atoms with van der Waals surface area (Å²) in [5.74, 6) is 0.471. The van der Waals surface area contributed by atoms with Crippen LogP contribution in [0.3, 0.4) is 0 Å². The Bertz CT molecular complexity index is 592. The molecule has 2 unspecified atom stereocenters. The van der Waals surface area contributed by atoms with Crippen molar-refractivity contribution in [2.75, 3.05) is 6.61 Å². The van der Waals surface area contributed by atoms with E-state index in [2.05, 4.69) is 50.9 Å². The number of hydrogen-bond acceptors (Lipinski definition) is 5. The zero-order valence-electron chi connectivity index (χ0n) is 16.0. The summed E-state index contributed by atoms with van der Waals surface area (Å²) in [4.78, 5) is 16.4. The smallest absolute Gasteiger partial charge is 0.378 e. The Morgan fingerprint density at radius 2 is 2.00 bits per heavy atom. The molecule has 7 heteroatoms. The van der Waals surface area contributed by atoms with Crippen molar-refractivity contribution in [2.45, 2.75) is 84.2 Å². The van der Waals surface area contributed by atoms with E-state index in [-0.39, 0.29) is 23.0 Å². The Morgan fingerprint density at radius 1 is 1.33 bits per heavy atom. The fourth-order valence-corrected chi connectivity index (χ4v) is 4.03. The van der Waals surface area contributed by atoms with Crippen molar-refractivity contribution in [1.29, 1.82) is 0 Å². The molecule has 0 saturated carbocycles. The first-order valence-corrected chi connectivity index (χ1v) is 11.8. The van der Waals surface area contributed by atoms with Gasteiger partial charge < -0.3 is 9.16 Å². The van der Waals surface area contributed by atoms with Gasteiger partial charge in [-0.2, -0.15) is 0 Å². The van der Waals surface area contributed by atoms with Crippen molar-refractivity contribution in [3.8, 4) is 0 Å². The van der Waals surface area contributed by atoms with Crippen molar-refractivity contribution in [1.82, 2.24) is 14.8 Å². The highest BCUT2D eigenvalue weighted by molar-refractivity contribution is 6.74. The fourth-order valence-electron chi connectivity index (χ4n) is 2.76. The van der Waals surface area contributed by atoms with Gasteiger partial charge in [0, 0.05) is 6.42 Å². The van der Waals surface area contributed by atoms with Gasteiger partial charge in [0.25, 0.3) is 5.82 Å². The van der Waals surface area contributed by atoms with Crippen LogP contribution in [-0.2, 0) is 9.16 Å². The summed E-state index contributed by atoms with van der Waals surface area (Å²) < 4.78 is 13.5. The second-order valence-electron chi connectivity index (χ2n) is 8.00. The minimum absolute atomic E-state index is 0.0851. The maximum atomic E-state index is 12.0. The molecule has 1 aliphatic heterocycles. The highest BCUT2D eigenvalue weighted by Crippen LogP contribution is 2.44. The molecule has 0 bridgehead atoms. The predicted molar refractivity (Wildman–Crippen MR) is 95.6 cm³/mol. The number of rotatable bonds is 6. The number of aromatic nitrogens is 3. The SMILES string of the molecule is CCCC1CC(O[Si](C)(C)C(C)(C)C)c2nc(C(=O)OCC)nn21. The van der Waals surface area contributed by atoms with Crippen LogP contribution < -0.4 is 0 Å². The molecule has 1 aromatic heterocycles. The molecule has 1 aliphatic rings. The number of fused-ring (bicyclic) bond motifs is 1. The minimum atomic E-state index is -1.92. The van der Waals surface area contributed by atoms with Gasteiger partial charge in [0.1, 0.15) is 6.10 Å². The van der Waals surface area contributed by atoms with Gasteiger partial charge in [0.2, 0.25) is 0 Å². The molecule has 2 atom stereocenters. The van der Waals surface area contributed by atoms with E-state index in [9.17, 15) is 4.79 Å². The monoisotopic (exact) mass is 353 g/mol. The van der Waals surface area contributed by atoms with Crippen molar-refractivity contribution in [3.63, 3.8) is 0 Å². The first kappa shape index (κ1) is 19.1. The maximum Gasteiger partial charge on any atom is 0.378 e. The van der Waals surface area contributed by atoms with E-state index >= 15 is 0 Å². The number of carbonyl (C=O) groups is 1. The normalized spacial score (nSPS) is 21.0. The predicted octanol–water partition coefficient (Wildman–Crippen LogP) is 4.26. The third-order valence-electron chi connectivity index (χ3n) is 5.10. The summed E-state index contributed by atoms with van der Waals surface area (Å²) >= 11 is 0. The minimum Gasteiger partial charge on any atom is -0.460 e. The largest absolute Gasteiger partial charge is 0.460 e. The lowest BCUT2D eigenvalue weighted by Gasteiger charge is -2.38. The third kappa shape index (κ3) is 3.72. The molecule has 0 amide bonds. The third-order valence-corrected chi connectivity index (χ3v) is 9.59. The standard InChI is InChI=1S/C17H31N3O3Si/c1-8-10-12-11-13(23-24(6,7)17(3,4)5)15-18-14(19-20(12)15)16(21)22-9-2/h12-13H,8-11H2,1-7H3. The number of esters is 1. The van der Waals surface area contributed by atoms with Crippen molar-refractivity contribution >= 4 is 14.3 Å². The lowest BCUT2D eigenvalue weighted by molar-refractivity contribution is 0.0510. The Morgan fingerprint density at radius 3 is 2.54 bits per heavy atom. The van der Waals surface area contributed by atoms with Crippen molar-refractivity contribution in [2.24, 2.45) is 0 Å². The summed E-state index contributed by atoms with van der Waals surface area (Å²) in [6.45, 7) is 15.4. The molecule has 0 radical (unpaired) electrons. The van der Waals surface area contributed by atoms with Crippen LogP contribution in [-0.4, -0.2) is 35.7 Å². The molecular formula is C17H31N3O3Si. The zero-order chi connectivity index (χ0) is 18.1. The van der Waals surface area contributed by atoms with Gasteiger partial charge >= 0.3 is 5.97 Å². The van der Waals surface area contributed by atoms with Gasteiger partial charge in [-0.05, 0) is 31.5 Å². The Hall–Kier alpha value is -1.21. The second-order valence-corrected chi connectivity index (χ2v) is 12.8. The summed E-state index contributed by atoms with van der Waals surface area (Å²) in [5, 5.41) is 4.55. The molecule has 0 fully saturated rings. The quantitative estimate of drug-likeness (QED) is 0.564. The molecule has 0 saturated heterocycles. The van der Waals surface area contributed by atoms with Gasteiger partial charge in [-0.15, -0.1) is 5.10 Å². The van der Waals surface area contributed by atoms with E-state index in [4.69, 9.17) is 9.16 Å². The van der Waals surface area contributed by atoms with E-state index in [1.54, 1.807) is 6.92 Å². The lowest BCUT2D eigenvalue weighted by Crippen LogP contribution is -2.41. The number of ether oxygens (including phenoxy) is 1. The van der Waals surface area contributed by atoms with Crippen LogP contribution in [0.4, 0.5) is 0 Å². The van der Waals surface area contributed by atoms with Crippen LogP contribution in [0.2, 0.25) is 18.1 Å². The summed E-state index contributed by atoms with van der Waals surface area (Å²) in [7, 11) is -1.92. The number of hydrogen-bond donors (Lipinski definition) is 0. The highest BCUT2D eigenvalue weighted by atomic mass is 28.4. The van der Waals surface area contributed by atoms with Crippen LogP contribution in [0, 0.1) is 0 Å². The highest BCUT2D eigenvalue weighted by Gasteiger charge is 2.44. The van der Waals surface area contributed by atoms with Gasteiger partial charge in [-0.25, -0.2) is 14.5 Å². The summed E-state index contributed by atoms with van der Waals surface area (Å²) in [6.07, 6.45) is 2.87. The lowest BCUT2D eigenvalue weighted by atomic mass is 10.1. The van der Waals surface area contributed by atoms with Crippen LogP contribution in [0.1, 0.15) is 82.5 Å². The van der Waals surface area contributed by atoms with E-state index in [0.717, 1.165) is 25.1 Å². The average Bonchev–Trinajstić information content (AvgIpc) is 3.00. The Labute approximate surface area is 146 Å². The summed E-state index contributed by atoms with van der Waals surface area (Å²) in [6, 6.07) is 0.246. The van der Waals surface area contributed by atoms with Crippen molar-refractivity contribution in [3.05, 3.63) is 11.6 Å². The first-order chi connectivity index (χ1) is 11.1. The van der Waals surface area contributed by atoms with Crippen LogP contribution >= 0.6 is 0 Å². The first-order valence-electron chi connectivity index (χ1n) is 8.92. The molecular weight excluding hydrogens is 322 g/mol. The average molecular weight is 354 g/mol. The zero-order valence-corrected chi connectivity index (χ0v) is 17.0. The molecule has 0 spiro atoms. The van der Waals surface area contributed by atoms with Crippen LogP contribution in [0.15, 0.2) is 0 Å². The van der Waals surface area contributed by atoms with Gasteiger partial charge in [0.15, 0.2) is 14.1 Å². The van der Waals surface area contributed by atoms with Gasteiger partial charge in [-0.3, -0.25) is 0 Å². The molecule has 136 valence electrons. The Balaban J connectivity index is 2.29. The molecule has 0 aliphatic carbocycles. The van der Waals surface area contributed by atoms with Crippen LogP contribution in [0.5, 0.6) is 0 Å². The van der Waals surface area contributed by atoms with E-state index in [1.165, 1.54) is 0 Å². The molecule has 24 heavy (non-hydrogen) atoms. The topological polar surface area (TPSA) is 66.2 Å². The van der Waals surface area contributed by atoms with E-state index < -0.39 is 14.3 Å². The second kappa shape index (κ2) is 6.96. The van der Waals surface area contributed by atoms with Crippen LogP contribution in [0.25, 0.3) is 0 Å². The maximum absolute atomic E-state index is 12.0. The molecule has 2 heterocycles. The Kier molecular flexibility index (Phi) is 5.54. The molecule has 1 aromatic rings. The fraction of sp³-hybridized carbons (Fsp3) is 0.824. The van der Waals surface area contributed by atoms with E-state index in [0.29, 0.717) is 6.61 Å². The van der Waals surface area contributed by atoms with Gasteiger partial charge in [0.05, 0.1) is 12.6 Å². The number of carbonyl (C=O) groups excluding carboxylic acids is 1. The molecule has 0 aromatic carbocycles.